The summed E-state index contributed by atoms with van der Waals surface area (Å²) >= 11 is 0. The van der Waals surface area contributed by atoms with Gasteiger partial charge in [-0.05, 0) is 31.7 Å². The summed E-state index contributed by atoms with van der Waals surface area (Å²) in [6.07, 6.45) is 2.06. The van der Waals surface area contributed by atoms with Crippen molar-refractivity contribution in [1.29, 1.82) is 0 Å². The van der Waals surface area contributed by atoms with Gasteiger partial charge in [0.25, 0.3) is 0 Å². The first-order chi connectivity index (χ1) is 10.1. The number of hydrogen-bond acceptors (Lipinski definition) is 4. The Kier molecular flexibility index (Phi) is 5.52. The maximum absolute atomic E-state index is 14.3. The van der Waals surface area contributed by atoms with E-state index in [0.29, 0.717) is 24.1 Å². The van der Waals surface area contributed by atoms with Gasteiger partial charge >= 0.3 is 0 Å². The summed E-state index contributed by atoms with van der Waals surface area (Å²) in [4.78, 5) is 0. The van der Waals surface area contributed by atoms with Crippen LogP contribution in [0.5, 0.6) is 0 Å². The molecule has 1 heterocycles. The van der Waals surface area contributed by atoms with Crippen molar-refractivity contribution in [2.24, 2.45) is 16.8 Å². The third kappa shape index (κ3) is 3.92. The van der Waals surface area contributed by atoms with E-state index in [0.717, 1.165) is 26.1 Å². The summed E-state index contributed by atoms with van der Waals surface area (Å²) in [6.45, 7) is 4.12. The molecule has 1 saturated heterocycles. The zero-order chi connectivity index (χ0) is 15.2. The molecule has 1 atom stereocenters. The van der Waals surface area contributed by atoms with Crippen molar-refractivity contribution in [2.45, 2.75) is 32.4 Å². The number of hydrogen-bond donors (Lipinski definition) is 3. The van der Waals surface area contributed by atoms with Gasteiger partial charge in [-0.2, -0.15) is 0 Å². The van der Waals surface area contributed by atoms with Gasteiger partial charge in [-0.15, -0.1) is 0 Å². The van der Waals surface area contributed by atoms with Crippen LogP contribution < -0.4 is 11.1 Å². The lowest BCUT2D eigenvalue weighted by atomic mass is 9.93. The molecule has 0 saturated carbocycles. The standard InChI is InChI=1S/C15H22FN3O2/c1-10(11-5-7-21-8-6-11)18-9-12-3-2-4-13(14(12)16)15(17)19-20/h2-4,10-11,18,20H,5-9H2,1H3,(H2,17,19). The summed E-state index contributed by atoms with van der Waals surface area (Å²) in [5, 5.41) is 14.9. The predicted molar refractivity (Wildman–Crippen MR) is 78.8 cm³/mol. The molecular weight excluding hydrogens is 273 g/mol. The Bertz CT molecular complexity index is 502. The Morgan fingerprint density at radius 2 is 2.24 bits per heavy atom. The number of nitrogens with two attached hydrogens (primary N) is 1. The molecule has 1 fully saturated rings. The summed E-state index contributed by atoms with van der Waals surface area (Å²) in [5.41, 5.74) is 6.10. The predicted octanol–water partition coefficient (Wildman–Crippen LogP) is 1.82. The van der Waals surface area contributed by atoms with Crippen molar-refractivity contribution < 1.29 is 14.3 Å². The molecular formula is C15H22FN3O2. The highest BCUT2D eigenvalue weighted by Crippen LogP contribution is 2.19. The van der Waals surface area contributed by atoms with Crippen molar-refractivity contribution in [3.05, 3.63) is 35.1 Å². The zero-order valence-electron chi connectivity index (χ0n) is 12.2. The second-order valence-corrected chi connectivity index (χ2v) is 5.38. The molecule has 0 spiro atoms. The Morgan fingerprint density at radius 1 is 1.52 bits per heavy atom. The normalized spacial score (nSPS) is 18.7. The second-order valence-electron chi connectivity index (χ2n) is 5.38. The van der Waals surface area contributed by atoms with Crippen molar-refractivity contribution in [1.82, 2.24) is 5.32 Å². The Hall–Kier alpha value is -1.66. The fourth-order valence-corrected chi connectivity index (χ4v) is 2.62. The first-order valence-electron chi connectivity index (χ1n) is 7.20. The van der Waals surface area contributed by atoms with Crippen LogP contribution in [0.4, 0.5) is 4.39 Å². The van der Waals surface area contributed by atoms with Gasteiger partial charge in [0.15, 0.2) is 5.84 Å². The van der Waals surface area contributed by atoms with E-state index in [4.69, 9.17) is 15.7 Å². The van der Waals surface area contributed by atoms with Gasteiger partial charge in [-0.1, -0.05) is 17.3 Å². The molecule has 2 rings (SSSR count). The lowest BCUT2D eigenvalue weighted by Gasteiger charge is -2.28. The SMILES string of the molecule is CC(NCc1cccc(/C(N)=N/O)c1F)C1CCOCC1. The minimum atomic E-state index is -0.445. The molecule has 1 aromatic rings. The zero-order valence-corrected chi connectivity index (χ0v) is 12.2. The van der Waals surface area contributed by atoms with Gasteiger partial charge in [-0.3, -0.25) is 0 Å². The summed E-state index contributed by atoms with van der Waals surface area (Å²) in [7, 11) is 0. The molecule has 0 radical (unpaired) electrons. The molecule has 0 bridgehead atoms. The molecule has 5 nitrogen and oxygen atoms in total. The monoisotopic (exact) mass is 295 g/mol. The molecule has 21 heavy (non-hydrogen) atoms. The Labute approximate surface area is 124 Å². The number of oxime groups is 1. The van der Waals surface area contributed by atoms with E-state index in [9.17, 15) is 4.39 Å². The molecule has 4 N–H and O–H groups in total. The van der Waals surface area contributed by atoms with Gasteiger partial charge in [0.05, 0.1) is 5.56 Å². The fourth-order valence-electron chi connectivity index (χ4n) is 2.62. The maximum atomic E-state index is 14.3. The van der Waals surface area contributed by atoms with E-state index < -0.39 is 5.82 Å². The fraction of sp³-hybridized carbons (Fsp3) is 0.533. The molecule has 0 amide bonds. The molecule has 1 aromatic carbocycles. The van der Waals surface area contributed by atoms with E-state index in [2.05, 4.69) is 17.4 Å². The van der Waals surface area contributed by atoms with E-state index in [1.807, 2.05) is 0 Å². The molecule has 1 aliphatic heterocycles. The smallest absolute Gasteiger partial charge is 0.173 e. The van der Waals surface area contributed by atoms with E-state index >= 15 is 0 Å². The molecule has 0 aliphatic carbocycles. The Balaban J connectivity index is 1.99. The first-order valence-corrected chi connectivity index (χ1v) is 7.20. The summed E-state index contributed by atoms with van der Waals surface area (Å²) < 4.78 is 19.6. The molecule has 1 aliphatic rings. The van der Waals surface area contributed by atoms with Gasteiger partial charge in [-0.25, -0.2) is 4.39 Å². The van der Waals surface area contributed by atoms with Crippen LogP contribution in [-0.4, -0.2) is 30.3 Å². The number of benzene rings is 1. The largest absolute Gasteiger partial charge is 0.409 e. The molecule has 0 aromatic heterocycles. The van der Waals surface area contributed by atoms with E-state index in [1.165, 1.54) is 6.07 Å². The van der Waals surface area contributed by atoms with Gasteiger partial charge in [0, 0.05) is 31.4 Å². The highest BCUT2D eigenvalue weighted by Gasteiger charge is 2.20. The quantitative estimate of drug-likeness (QED) is 0.335. The van der Waals surface area contributed by atoms with Crippen molar-refractivity contribution in [3.63, 3.8) is 0 Å². The van der Waals surface area contributed by atoms with Crippen LogP contribution in [0, 0.1) is 11.7 Å². The van der Waals surface area contributed by atoms with E-state index in [-0.39, 0.29) is 11.4 Å². The molecule has 1 unspecified atom stereocenters. The Morgan fingerprint density at radius 3 is 2.90 bits per heavy atom. The minimum absolute atomic E-state index is 0.121. The third-order valence-corrected chi connectivity index (χ3v) is 4.05. The number of rotatable bonds is 5. The van der Waals surface area contributed by atoms with Crippen LogP contribution in [0.2, 0.25) is 0 Å². The van der Waals surface area contributed by atoms with Gasteiger partial charge in [0.2, 0.25) is 0 Å². The summed E-state index contributed by atoms with van der Waals surface area (Å²) in [6, 6.07) is 5.19. The second kappa shape index (κ2) is 7.38. The van der Waals surface area contributed by atoms with Crippen molar-refractivity contribution in [2.75, 3.05) is 13.2 Å². The minimum Gasteiger partial charge on any atom is -0.409 e. The van der Waals surface area contributed by atoms with Crippen LogP contribution in [0.15, 0.2) is 23.4 Å². The average Bonchev–Trinajstić information content (AvgIpc) is 2.53. The highest BCUT2D eigenvalue weighted by molar-refractivity contribution is 5.97. The number of amidine groups is 1. The van der Waals surface area contributed by atoms with E-state index in [1.54, 1.807) is 12.1 Å². The van der Waals surface area contributed by atoms with Crippen molar-refractivity contribution in [3.8, 4) is 0 Å². The summed E-state index contributed by atoms with van der Waals surface area (Å²) in [5.74, 6) is -0.111. The number of nitrogens with one attached hydrogen (secondary N) is 1. The van der Waals surface area contributed by atoms with Gasteiger partial charge < -0.3 is 21.0 Å². The third-order valence-electron chi connectivity index (χ3n) is 4.05. The number of ether oxygens (including phenoxy) is 1. The molecule has 116 valence electrons. The first kappa shape index (κ1) is 15.7. The van der Waals surface area contributed by atoms with Crippen LogP contribution >= 0.6 is 0 Å². The van der Waals surface area contributed by atoms with Crippen LogP contribution in [0.25, 0.3) is 0 Å². The number of nitrogens with zero attached hydrogens (tertiary/aromatic N) is 1. The van der Waals surface area contributed by atoms with Crippen LogP contribution in [0.3, 0.4) is 0 Å². The lowest BCUT2D eigenvalue weighted by Crippen LogP contribution is -2.36. The maximum Gasteiger partial charge on any atom is 0.173 e. The van der Waals surface area contributed by atoms with Crippen LogP contribution in [-0.2, 0) is 11.3 Å². The number of halogens is 1. The average molecular weight is 295 g/mol. The van der Waals surface area contributed by atoms with Crippen molar-refractivity contribution >= 4 is 5.84 Å². The van der Waals surface area contributed by atoms with Gasteiger partial charge in [0.1, 0.15) is 5.82 Å². The lowest BCUT2D eigenvalue weighted by molar-refractivity contribution is 0.0557. The molecule has 6 heteroatoms. The topological polar surface area (TPSA) is 79.9 Å². The van der Waals surface area contributed by atoms with Crippen LogP contribution in [0.1, 0.15) is 30.9 Å². The highest BCUT2D eigenvalue weighted by atomic mass is 19.1.